The molecule has 0 unspecified atom stereocenters. The number of aryl methyl sites for hydroxylation is 1. The van der Waals surface area contributed by atoms with Crippen molar-refractivity contribution in [3.8, 4) is 0 Å². The number of Topliss-reactive ketones (excluding diaryl/α,β-unsaturated/α-hetero) is 1. The maximum Gasteiger partial charge on any atom is 0.323 e. The molecule has 2 aromatic rings. The Morgan fingerprint density at radius 3 is 2.56 bits per heavy atom. The number of nitrogens with zero attached hydrogens (tertiary/aromatic N) is 4. The number of carbonyl (C=O) groups is 2. The molecule has 7 nitrogen and oxygen atoms in total. The van der Waals surface area contributed by atoms with Gasteiger partial charge in [0.2, 0.25) is 5.13 Å². The average Bonchev–Trinajstić information content (AvgIpc) is 3.05. The van der Waals surface area contributed by atoms with Gasteiger partial charge in [0.1, 0.15) is 11.6 Å². The van der Waals surface area contributed by atoms with Crippen LogP contribution in [-0.2, 0) is 0 Å². The van der Waals surface area contributed by atoms with Crippen molar-refractivity contribution in [2.75, 3.05) is 37.4 Å². The summed E-state index contributed by atoms with van der Waals surface area (Å²) in [5.74, 6) is -0.366. The van der Waals surface area contributed by atoms with Gasteiger partial charge < -0.3 is 9.80 Å². The fraction of sp³-hybridized carbons (Fsp3) is 0.444. The molecule has 1 aromatic carbocycles. The van der Waals surface area contributed by atoms with E-state index in [2.05, 4.69) is 14.7 Å². The Morgan fingerprint density at radius 2 is 2.00 bits per heavy atom. The molecule has 0 spiro atoms. The van der Waals surface area contributed by atoms with Crippen LogP contribution in [0.2, 0.25) is 0 Å². The lowest BCUT2D eigenvalue weighted by atomic mass is 9.88. The number of nitrogens with one attached hydrogen (secondary N) is 1. The maximum absolute atomic E-state index is 14.3. The summed E-state index contributed by atoms with van der Waals surface area (Å²) in [5, 5.41) is 3.17. The third-order valence-corrected chi connectivity index (χ3v) is 5.35. The topological polar surface area (TPSA) is 78.4 Å². The molecule has 0 radical (unpaired) electrons. The first-order chi connectivity index (χ1) is 12.8. The van der Waals surface area contributed by atoms with Crippen LogP contribution in [0.15, 0.2) is 18.2 Å². The van der Waals surface area contributed by atoms with Crippen molar-refractivity contribution >= 4 is 34.2 Å². The molecule has 0 atom stereocenters. The number of halogens is 1. The molecule has 144 valence electrons. The highest BCUT2D eigenvalue weighted by molar-refractivity contribution is 7.09. The summed E-state index contributed by atoms with van der Waals surface area (Å²) in [6.07, 6.45) is 1.02. The number of amides is 2. The summed E-state index contributed by atoms with van der Waals surface area (Å²) in [7, 11) is 3.64. The molecule has 0 bridgehead atoms. The number of urea groups is 1. The van der Waals surface area contributed by atoms with E-state index in [1.54, 1.807) is 28.9 Å². The quantitative estimate of drug-likeness (QED) is 0.810. The molecular weight excluding hydrogens is 369 g/mol. The van der Waals surface area contributed by atoms with Gasteiger partial charge in [-0.15, -0.1) is 0 Å². The van der Waals surface area contributed by atoms with Crippen molar-refractivity contribution < 1.29 is 14.0 Å². The van der Waals surface area contributed by atoms with Crippen LogP contribution in [0, 0.1) is 18.7 Å². The zero-order valence-corrected chi connectivity index (χ0v) is 16.3. The van der Waals surface area contributed by atoms with Crippen LogP contribution in [0.3, 0.4) is 0 Å². The second-order valence-electron chi connectivity index (χ2n) is 6.76. The summed E-state index contributed by atoms with van der Waals surface area (Å²) in [6, 6.07) is 4.41. The van der Waals surface area contributed by atoms with Gasteiger partial charge in [0, 0.05) is 50.3 Å². The highest BCUT2D eigenvalue weighted by atomic mass is 32.1. The standard InChI is InChI=1S/C18H22FN5O2S/c1-11-20-17(27-22-11)21-18(26)24-8-6-12(7-9-24)16(25)14-5-4-13(23(2)3)10-15(14)19/h4-5,10,12H,6-9H2,1-3H3,(H,20,21,22,26). The Kier molecular flexibility index (Phi) is 5.69. The Hall–Kier alpha value is -2.55. The van der Waals surface area contributed by atoms with Crippen LogP contribution in [0.5, 0.6) is 0 Å². The Balaban J connectivity index is 1.58. The largest absolute Gasteiger partial charge is 0.378 e. The van der Waals surface area contributed by atoms with Crippen molar-refractivity contribution in [1.29, 1.82) is 0 Å². The number of piperidine rings is 1. The molecule has 0 aliphatic carbocycles. The lowest BCUT2D eigenvalue weighted by Gasteiger charge is -2.31. The number of ketones is 1. The van der Waals surface area contributed by atoms with Gasteiger partial charge in [-0.3, -0.25) is 10.1 Å². The van der Waals surface area contributed by atoms with E-state index in [1.165, 1.54) is 6.07 Å². The fourth-order valence-corrected chi connectivity index (χ4v) is 3.63. The molecular formula is C18H22FN5O2S. The van der Waals surface area contributed by atoms with Crippen LogP contribution in [0.1, 0.15) is 29.0 Å². The second kappa shape index (κ2) is 7.99. The molecule has 1 fully saturated rings. The van der Waals surface area contributed by atoms with E-state index in [0.717, 1.165) is 11.5 Å². The number of rotatable bonds is 4. The average molecular weight is 391 g/mol. The minimum Gasteiger partial charge on any atom is -0.378 e. The van der Waals surface area contributed by atoms with Gasteiger partial charge in [-0.1, -0.05) is 0 Å². The number of aromatic nitrogens is 2. The maximum atomic E-state index is 14.3. The summed E-state index contributed by atoms with van der Waals surface area (Å²) in [4.78, 5) is 32.5. The SMILES string of the molecule is Cc1nsc(NC(=O)N2CCC(C(=O)c3ccc(N(C)C)cc3F)CC2)n1. The van der Waals surface area contributed by atoms with Crippen molar-refractivity contribution in [2.24, 2.45) is 5.92 Å². The van der Waals surface area contributed by atoms with Crippen molar-refractivity contribution in [2.45, 2.75) is 19.8 Å². The van der Waals surface area contributed by atoms with Crippen LogP contribution < -0.4 is 10.2 Å². The number of benzene rings is 1. The van der Waals surface area contributed by atoms with Gasteiger partial charge in [0.05, 0.1) is 5.56 Å². The lowest BCUT2D eigenvalue weighted by molar-refractivity contribution is 0.0855. The number of carbonyl (C=O) groups excluding carboxylic acids is 2. The Bertz CT molecular complexity index is 846. The van der Waals surface area contributed by atoms with Gasteiger partial charge in [-0.05, 0) is 38.0 Å². The molecule has 27 heavy (non-hydrogen) atoms. The molecule has 1 aliphatic rings. The van der Waals surface area contributed by atoms with Gasteiger partial charge in [-0.25, -0.2) is 14.2 Å². The van der Waals surface area contributed by atoms with Crippen LogP contribution in [0.4, 0.5) is 20.0 Å². The molecule has 1 aliphatic heterocycles. The zero-order valence-electron chi connectivity index (χ0n) is 15.5. The minimum atomic E-state index is -0.502. The summed E-state index contributed by atoms with van der Waals surface area (Å²) in [5.41, 5.74) is 0.829. The first kappa shape index (κ1) is 19.2. The Morgan fingerprint density at radius 1 is 1.30 bits per heavy atom. The minimum absolute atomic E-state index is 0.118. The third kappa shape index (κ3) is 4.41. The number of anilines is 2. The second-order valence-corrected chi connectivity index (χ2v) is 7.51. The smallest absolute Gasteiger partial charge is 0.323 e. The molecule has 0 saturated carbocycles. The van der Waals surface area contributed by atoms with Crippen LogP contribution in [-0.4, -0.2) is 53.3 Å². The first-order valence-electron chi connectivity index (χ1n) is 8.72. The van der Waals surface area contributed by atoms with E-state index in [1.807, 2.05) is 14.1 Å². The number of hydrogen-bond acceptors (Lipinski definition) is 6. The fourth-order valence-electron chi connectivity index (χ4n) is 3.07. The molecule has 9 heteroatoms. The molecule has 1 saturated heterocycles. The van der Waals surface area contributed by atoms with Gasteiger partial charge >= 0.3 is 6.03 Å². The zero-order chi connectivity index (χ0) is 19.6. The summed E-state index contributed by atoms with van der Waals surface area (Å²) < 4.78 is 18.4. The van der Waals surface area contributed by atoms with Crippen molar-refractivity contribution in [3.63, 3.8) is 0 Å². The number of hydrogen-bond donors (Lipinski definition) is 1. The monoisotopic (exact) mass is 391 g/mol. The van der Waals surface area contributed by atoms with Crippen molar-refractivity contribution in [3.05, 3.63) is 35.4 Å². The molecule has 2 amide bonds. The van der Waals surface area contributed by atoms with Gasteiger partial charge in [-0.2, -0.15) is 4.37 Å². The van der Waals surface area contributed by atoms with E-state index < -0.39 is 5.82 Å². The molecule has 2 heterocycles. The van der Waals surface area contributed by atoms with Crippen LogP contribution in [0.25, 0.3) is 0 Å². The van der Waals surface area contributed by atoms with Gasteiger partial charge in [0.15, 0.2) is 5.78 Å². The van der Waals surface area contributed by atoms with E-state index >= 15 is 0 Å². The summed E-state index contributed by atoms with van der Waals surface area (Å²) in [6.45, 7) is 2.64. The van der Waals surface area contributed by atoms with Gasteiger partial charge in [0.25, 0.3) is 0 Å². The predicted molar refractivity (Wildman–Crippen MR) is 103 cm³/mol. The molecule has 1 aromatic heterocycles. The van der Waals surface area contributed by atoms with E-state index in [9.17, 15) is 14.0 Å². The highest BCUT2D eigenvalue weighted by Crippen LogP contribution is 2.25. The molecule has 1 N–H and O–H groups in total. The van der Waals surface area contributed by atoms with Crippen LogP contribution >= 0.6 is 11.5 Å². The van der Waals surface area contributed by atoms with E-state index in [4.69, 9.17) is 0 Å². The Labute approximate surface area is 161 Å². The predicted octanol–water partition coefficient (Wildman–Crippen LogP) is 3.18. The molecule has 3 rings (SSSR count). The van der Waals surface area contributed by atoms with E-state index in [-0.39, 0.29) is 23.3 Å². The number of likely N-dealkylation sites (tertiary alicyclic amines) is 1. The first-order valence-corrected chi connectivity index (χ1v) is 9.50. The lowest BCUT2D eigenvalue weighted by Crippen LogP contribution is -2.42. The normalized spacial score (nSPS) is 14.9. The van der Waals surface area contributed by atoms with E-state index in [0.29, 0.717) is 42.6 Å². The third-order valence-electron chi connectivity index (χ3n) is 4.63. The highest BCUT2D eigenvalue weighted by Gasteiger charge is 2.29. The summed E-state index contributed by atoms with van der Waals surface area (Å²) >= 11 is 1.13. The van der Waals surface area contributed by atoms with Crippen molar-refractivity contribution in [1.82, 2.24) is 14.3 Å².